The van der Waals surface area contributed by atoms with Crippen LogP contribution in [-0.4, -0.2) is 67.8 Å². The number of likely N-dealkylation sites (N-methyl/N-ethyl adjacent to an activating group) is 2. The van der Waals surface area contributed by atoms with Crippen molar-refractivity contribution in [2.24, 2.45) is 5.73 Å². The van der Waals surface area contributed by atoms with E-state index in [9.17, 15) is 14.4 Å². The first-order chi connectivity index (χ1) is 16.6. The first kappa shape index (κ1) is 24.1. The number of amides is 2. The van der Waals surface area contributed by atoms with E-state index in [0.29, 0.717) is 23.1 Å². The Morgan fingerprint density at radius 1 is 1.23 bits per heavy atom. The Kier molecular flexibility index (Phi) is 6.39. The summed E-state index contributed by atoms with van der Waals surface area (Å²) in [5.74, 6) is -2.48. The van der Waals surface area contributed by atoms with E-state index in [1.807, 2.05) is 25.1 Å². The van der Waals surface area contributed by atoms with Crippen molar-refractivity contribution in [1.29, 1.82) is 0 Å². The van der Waals surface area contributed by atoms with Crippen molar-refractivity contribution < 1.29 is 23.9 Å². The minimum absolute atomic E-state index is 0.222. The molecule has 0 bridgehead atoms. The highest BCUT2D eigenvalue weighted by atomic mass is 32.1. The molecular formula is C23H26N6O5S. The van der Waals surface area contributed by atoms with Crippen molar-refractivity contribution in [2.75, 3.05) is 49.9 Å². The third kappa shape index (κ3) is 4.52. The predicted molar refractivity (Wildman–Crippen MR) is 134 cm³/mol. The second-order valence-electron chi connectivity index (χ2n) is 8.06. The summed E-state index contributed by atoms with van der Waals surface area (Å²) >= 11 is 1.35. The van der Waals surface area contributed by atoms with Crippen LogP contribution in [0.25, 0.3) is 10.2 Å². The van der Waals surface area contributed by atoms with E-state index in [1.165, 1.54) is 16.2 Å². The van der Waals surface area contributed by atoms with Crippen molar-refractivity contribution in [3.8, 4) is 5.75 Å². The maximum atomic E-state index is 12.7. The number of benzene rings is 2. The Morgan fingerprint density at radius 3 is 2.69 bits per heavy atom. The molecule has 0 fully saturated rings. The van der Waals surface area contributed by atoms with E-state index < -0.39 is 17.7 Å². The van der Waals surface area contributed by atoms with Gasteiger partial charge in [0.1, 0.15) is 5.75 Å². The lowest BCUT2D eigenvalue weighted by atomic mass is 10.2. The Hall–Kier alpha value is -4.06. The fourth-order valence-electron chi connectivity index (χ4n) is 3.63. The number of fused-ring (bicyclic) bond motifs is 2. The van der Waals surface area contributed by atoms with Gasteiger partial charge in [0.25, 0.3) is 17.6 Å². The number of nitrogens with one attached hydrogen (secondary N) is 2. The minimum atomic E-state index is -1.53. The van der Waals surface area contributed by atoms with Crippen LogP contribution in [0.15, 0.2) is 36.4 Å². The Balaban J connectivity index is 1.58. The molecule has 1 unspecified atom stereocenters. The molecule has 4 rings (SSSR count). The van der Waals surface area contributed by atoms with E-state index in [-0.39, 0.29) is 18.1 Å². The number of anilines is 3. The molecule has 35 heavy (non-hydrogen) atoms. The minimum Gasteiger partial charge on any atom is -0.494 e. The number of hydrogen-bond donors (Lipinski definition) is 3. The zero-order valence-corrected chi connectivity index (χ0v) is 20.6. The quantitative estimate of drug-likeness (QED) is 0.398. The van der Waals surface area contributed by atoms with Gasteiger partial charge >= 0.3 is 5.97 Å². The van der Waals surface area contributed by atoms with Crippen LogP contribution >= 0.6 is 11.3 Å². The molecule has 1 aliphatic heterocycles. The molecule has 1 atom stereocenters. The Bertz CT molecular complexity index is 1310. The summed E-state index contributed by atoms with van der Waals surface area (Å²) in [6.07, 6.45) is 0. The second kappa shape index (κ2) is 9.29. The van der Waals surface area contributed by atoms with Gasteiger partial charge < -0.3 is 35.6 Å². The number of rotatable bonds is 8. The maximum Gasteiger partial charge on any atom is 0.338 e. The fourth-order valence-corrected chi connectivity index (χ4v) is 4.57. The summed E-state index contributed by atoms with van der Waals surface area (Å²) < 4.78 is 11.5. The molecule has 0 saturated heterocycles. The van der Waals surface area contributed by atoms with Gasteiger partial charge in [0.2, 0.25) is 0 Å². The molecule has 4 N–H and O–H groups in total. The van der Waals surface area contributed by atoms with Crippen LogP contribution in [-0.2, 0) is 14.3 Å². The predicted octanol–water partition coefficient (Wildman–Crippen LogP) is 2.05. The lowest BCUT2D eigenvalue weighted by Gasteiger charge is -2.34. The van der Waals surface area contributed by atoms with Crippen molar-refractivity contribution in [2.45, 2.75) is 12.7 Å². The highest BCUT2D eigenvalue weighted by molar-refractivity contribution is 7.22. The van der Waals surface area contributed by atoms with Gasteiger partial charge in [0, 0.05) is 21.1 Å². The third-order valence-electron chi connectivity index (χ3n) is 5.55. The second-order valence-corrected chi connectivity index (χ2v) is 9.09. The number of aromatic nitrogens is 1. The number of carbonyl (C=O) groups excluding carboxylic acids is 3. The molecule has 1 aromatic heterocycles. The van der Waals surface area contributed by atoms with Crippen molar-refractivity contribution >= 4 is 55.8 Å². The van der Waals surface area contributed by atoms with Gasteiger partial charge in [0.15, 0.2) is 11.7 Å². The molecule has 2 heterocycles. The highest BCUT2D eigenvalue weighted by Crippen LogP contribution is 2.41. The molecule has 184 valence electrons. The number of hydrogen-bond acceptors (Lipinski definition) is 10. The summed E-state index contributed by atoms with van der Waals surface area (Å²) in [5, 5.41) is 6.71. The van der Waals surface area contributed by atoms with E-state index >= 15 is 0 Å². The van der Waals surface area contributed by atoms with Crippen LogP contribution in [0.1, 0.15) is 17.3 Å². The van der Waals surface area contributed by atoms with E-state index in [4.69, 9.17) is 15.2 Å². The molecule has 0 radical (unpaired) electrons. The van der Waals surface area contributed by atoms with Gasteiger partial charge in [-0.3, -0.25) is 9.59 Å². The van der Waals surface area contributed by atoms with Gasteiger partial charge in [-0.1, -0.05) is 11.3 Å². The van der Waals surface area contributed by atoms with Crippen LogP contribution in [0.4, 0.5) is 16.5 Å². The molecule has 0 spiro atoms. The van der Waals surface area contributed by atoms with Gasteiger partial charge in [-0.25, -0.2) is 9.78 Å². The molecule has 12 heteroatoms. The molecule has 0 saturated carbocycles. The van der Waals surface area contributed by atoms with Crippen molar-refractivity contribution in [1.82, 2.24) is 9.88 Å². The normalized spacial score (nSPS) is 16.4. The summed E-state index contributed by atoms with van der Waals surface area (Å²) in [7, 11) is 4.85. The van der Waals surface area contributed by atoms with Crippen LogP contribution < -0.4 is 26.0 Å². The monoisotopic (exact) mass is 498 g/mol. The lowest BCUT2D eigenvalue weighted by molar-refractivity contribution is -0.132. The van der Waals surface area contributed by atoms with E-state index in [2.05, 4.69) is 15.6 Å². The number of nitrogens with two attached hydrogens (primary N) is 1. The average molecular weight is 499 g/mol. The Labute approximate surface area is 205 Å². The van der Waals surface area contributed by atoms with Gasteiger partial charge in [-0.15, -0.1) is 0 Å². The average Bonchev–Trinajstić information content (AvgIpc) is 3.35. The molecular weight excluding hydrogens is 472 g/mol. The van der Waals surface area contributed by atoms with Crippen LogP contribution in [0.5, 0.6) is 5.75 Å². The highest BCUT2D eigenvalue weighted by Gasteiger charge is 2.48. The zero-order chi connectivity index (χ0) is 25.3. The SMILES string of the molecule is CCOc1ccc2nc(NC3(C(N)=O)Nc4cc(C(=O)OCC(=O)N(C)C)ccc4N3C)sc2c1. The van der Waals surface area contributed by atoms with Crippen molar-refractivity contribution in [3.63, 3.8) is 0 Å². The molecule has 2 aromatic carbocycles. The smallest absolute Gasteiger partial charge is 0.338 e. The number of esters is 1. The van der Waals surface area contributed by atoms with Gasteiger partial charge in [-0.2, -0.15) is 0 Å². The van der Waals surface area contributed by atoms with Crippen molar-refractivity contribution in [3.05, 3.63) is 42.0 Å². The molecule has 1 aliphatic rings. The van der Waals surface area contributed by atoms with Crippen LogP contribution in [0, 0.1) is 0 Å². The molecule has 0 aliphatic carbocycles. The number of carbonyl (C=O) groups is 3. The van der Waals surface area contributed by atoms with Crippen LogP contribution in [0.3, 0.4) is 0 Å². The van der Waals surface area contributed by atoms with E-state index in [1.54, 1.807) is 44.2 Å². The van der Waals surface area contributed by atoms with Gasteiger partial charge in [0.05, 0.1) is 33.8 Å². The first-order valence-electron chi connectivity index (χ1n) is 10.8. The number of ether oxygens (including phenoxy) is 2. The number of nitrogens with zero attached hydrogens (tertiary/aromatic N) is 3. The topological polar surface area (TPSA) is 139 Å². The van der Waals surface area contributed by atoms with E-state index in [0.717, 1.165) is 16.0 Å². The van der Waals surface area contributed by atoms with Gasteiger partial charge in [-0.05, 0) is 43.3 Å². The third-order valence-corrected chi connectivity index (χ3v) is 6.49. The number of primary amides is 1. The molecule has 2 amide bonds. The summed E-state index contributed by atoms with van der Waals surface area (Å²) in [5.41, 5.74) is 7.93. The molecule has 3 aromatic rings. The summed E-state index contributed by atoms with van der Waals surface area (Å²) in [6.45, 7) is 2.09. The zero-order valence-electron chi connectivity index (χ0n) is 19.7. The molecule has 11 nitrogen and oxygen atoms in total. The largest absolute Gasteiger partial charge is 0.494 e. The lowest BCUT2D eigenvalue weighted by Crippen LogP contribution is -2.64. The standard InChI is InChI=1S/C23H26N6O5S/c1-5-33-14-7-8-15-18(11-14)35-22(25-15)27-23(21(24)32)26-16-10-13(6-9-17(16)29(23)4)20(31)34-12-19(30)28(2)3/h6-11,26H,5,12H2,1-4H3,(H2,24,32)(H,25,27). The first-order valence-corrected chi connectivity index (χ1v) is 11.6. The maximum absolute atomic E-state index is 12.7. The van der Waals surface area contributed by atoms with Crippen LogP contribution in [0.2, 0.25) is 0 Å². The summed E-state index contributed by atoms with van der Waals surface area (Å²) in [4.78, 5) is 44.4. The number of thiazole rings is 1. The fraction of sp³-hybridized carbons (Fsp3) is 0.304. The summed E-state index contributed by atoms with van der Waals surface area (Å²) in [6, 6.07) is 10.3. The Morgan fingerprint density at radius 2 is 2.00 bits per heavy atom.